The summed E-state index contributed by atoms with van der Waals surface area (Å²) in [6.45, 7) is 11.8. The van der Waals surface area contributed by atoms with Gasteiger partial charge in [0, 0.05) is 44.2 Å². The molecule has 7 nitrogen and oxygen atoms in total. The van der Waals surface area contributed by atoms with Gasteiger partial charge in [0.25, 0.3) is 0 Å². The molecular formula is C24H33N3O4. The van der Waals surface area contributed by atoms with Crippen LogP contribution in [0, 0.1) is 6.92 Å². The Balaban J connectivity index is 1.85. The molecule has 0 N–H and O–H groups in total. The Morgan fingerprint density at radius 1 is 1.03 bits per heavy atom. The predicted octanol–water partition coefficient (Wildman–Crippen LogP) is 2.31. The maximum absolute atomic E-state index is 13.1. The molecule has 168 valence electrons. The fourth-order valence-electron chi connectivity index (χ4n) is 4.31. The number of piperazine rings is 1. The van der Waals surface area contributed by atoms with Gasteiger partial charge in [0.15, 0.2) is 0 Å². The van der Waals surface area contributed by atoms with E-state index in [1.54, 1.807) is 13.8 Å². The highest BCUT2D eigenvalue weighted by Gasteiger charge is 2.38. The lowest BCUT2D eigenvalue weighted by molar-refractivity contribution is -0.143. The third kappa shape index (κ3) is 5.15. The zero-order valence-corrected chi connectivity index (χ0v) is 19.0. The summed E-state index contributed by atoms with van der Waals surface area (Å²) in [4.78, 5) is 44.4. The summed E-state index contributed by atoms with van der Waals surface area (Å²) in [6, 6.07) is 7.86. The predicted molar refractivity (Wildman–Crippen MR) is 118 cm³/mol. The summed E-state index contributed by atoms with van der Waals surface area (Å²) in [5.74, 6) is -1.02. The highest BCUT2D eigenvalue weighted by atomic mass is 16.5. The van der Waals surface area contributed by atoms with Crippen LogP contribution in [0.1, 0.15) is 44.2 Å². The number of allylic oxidation sites excluding steroid dienone is 1. The van der Waals surface area contributed by atoms with E-state index in [1.807, 2.05) is 36.1 Å². The van der Waals surface area contributed by atoms with E-state index in [9.17, 15) is 14.4 Å². The first-order valence-electron chi connectivity index (χ1n) is 11.1. The van der Waals surface area contributed by atoms with E-state index < -0.39 is 5.97 Å². The maximum Gasteiger partial charge on any atom is 0.336 e. The van der Waals surface area contributed by atoms with Gasteiger partial charge < -0.3 is 19.4 Å². The van der Waals surface area contributed by atoms with Gasteiger partial charge in [0.1, 0.15) is 6.54 Å². The van der Waals surface area contributed by atoms with Gasteiger partial charge in [0.05, 0.1) is 12.2 Å². The number of hydrogen-bond donors (Lipinski definition) is 0. The van der Waals surface area contributed by atoms with Crippen LogP contribution in [-0.4, -0.2) is 78.4 Å². The summed E-state index contributed by atoms with van der Waals surface area (Å²) in [5, 5.41) is 0. The van der Waals surface area contributed by atoms with Crippen LogP contribution in [0.15, 0.2) is 35.5 Å². The number of amides is 2. The smallest absolute Gasteiger partial charge is 0.336 e. The minimum atomic E-state index is -0.424. The molecule has 0 saturated carbocycles. The van der Waals surface area contributed by atoms with Gasteiger partial charge in [-0.05, 0) is 32.9 Å². The molecule has 1 aromatic rings. The summed E-state index contributed by atoms with van der Waals surface area (Å²) < 4.78 is 5.32. The summed E-state index contributed by atoms with van der Waals surface area (Å²) in [7, 11) is 0. The highest BCUT2D eigenvalue weighted by molar-refractivity contribution is 5.97. The number of benzene rings is 1. The van der Waals surface area contributed by atoms with Crippen LogP contribution in [0.2, 0.25) is 0 Å². The lowest BCUT2D eigenvalue weighted by Gasteiger charge is -2.37. The molecule has 1 saturated heterocycles. The first-order valence-corrected chi connectivity index (χ1v) is 11.1. The Morgan fingerprint density at radius 3 is 2.26 bits per heavy atom. The van der Waals surface area contributed by atoms with Crippen molar-refractivity contribution in [3.05, 3.63) is 46.7 Å². The van der Waals surface area contributed by atoms with Crippen molar-refractivity contribution in [2.75, 3.05) is 45.9 Å². The zero-order chi connectivity index (χ0) is 22.5. The van der Waals surface area contributed by atoms with Crippen molar-refractivity contribution in [3.63, 3.8) is 0 Å². The molecule has 2 heterocycles. The summed E-state index contributed by atoms with van der Waals surface area (Å²) in [6.07, 6.45) is 0.144. The van der Waals surface area contributed by atoms with Crippen LogP contribution in [-0.2, 0) is 19.1 Å². The third-order valence-corrected chi connectivity index (χ3v) is 6.26. The Hall–Kier alpha value is -2.67. The van der Waals surface area contributed by atoms with Gasteiger partial charge in [-0.2, -0.15) is 0 Å². The maximum atomic E-state index is 13.1. The molecule has 1 atom stereocenters. The number of esters is 1. The largest absolute Gasteiger partial charge is 0.463 e. The Morgan fingerprint density at radius 2 is 1.68 bits per heavy atom. The van der Waals surface area contributed by atoms with Crippen molar-refractivity contribution in [1.82, 2.24) is 14.7 Å². The number of ether oxygens (including phenoxy) is 1. The zero-order valence-electron chi connectivity index (χ0n) is 19.0. The normalized spacial score (nSPS) is 20.3. The summed E-state index contributed by atoms with van der Waals surface area (Å²) in [5.41, 5.74) is 3.00. The van der Waals surface area contributed by atoms with Crippen molar-refractivity contribution in [2.45, 2.75) is 40.0 Å². The molecule has 31 heavy (non-hydrogen) atoms. The molecule has 1 aromatic carbocycles. The molecule has 0 spiro atoms. The number of carbonyl (C=O) groups is 3. The number of nitrogens with zero attached hydrogens (tertiary/aromatic N) is 3. The van der Waals surface area contributed by atoms with E-state index in [1.165, 1.54) is 4.90 Å². The lowest BCUT2D eigenvalue weighted by atomic mass is 9.83. The molecule has 3 rings (SSSR count). The number of rotatable bonds is 6. The quantitative estimate of drug-likeness (QED) is 0.652. The van der Waals surface area contributed by atoms with Crippen molar-refractivity contribution in [2.24, 2.45) is 0 Å². The standard InChI is InChI=1S/C24H33N3O4/c1-5-25-11-13-26(14-12-25)22(29)16-27-18(4)23(24(30)31-6-2)20(15-21(27)28)19-9-7-17(3)8-10-19/h7-10,20H,5-6,11-16H2,1-4H3. The number of hydrogen-bond acceptors (Lipinski definition) is 5. The molecule has 0 aromatic heterocycles. The van der Waals surface area contributed by atoms with E-state index in [2.05, 4.69) is 11.8 Å². The number of carbonyl (C=O) groups excluding carboxylic acids is 3. The minimum Gasteiger partial charge on any atom is -0.463 e. The van der Waals surface area contributed by atoms with Crippen LogP contribution in [0.5, 0.6) is 0 Å². The second-order valence-corrected chi connectivity index (χ2v) is 8.18. The van der Waals surface area contributed by atoms with E-state index in [0.717, 1.165) is 30.8 Å². The molecule has 0 radical (unpaired) electrons. The van der Waals surface area contributed by atoms with Crippen molar-refractivity contribution < 1.29 is 19.1 Å². The number of aryl methyl sites for hydroxylation is 1. The van der Waals surface area contributed by atoms with Gasteiger partial charge in [-0.3, -0.25) is 9.59 Å². The lowest BCUT2D eigenvalue weighted by Crippen LogP contribution is -2.52. The Bertz CT molecular complexity index is 854. The van der Waals surface area contributed by atoms with Crippen LogP contribution in [0.25, 0.3) is 0 Å². The molecule has 2 aliphatic rings. The first kappa shape index (κ1) is 23.0. The monoisotopic (exact) mass is 427 g/mol. The Kier molecular flexibility index (Phi) is 7.49. The fourth-order valence-corrected chi connectivity index (χ4v) is 4.31. The van der Waals surface area contributed by atoms with E-state index >= 15 is 0 Å². The Labute approximate surface area is 184 Å². The molecule has 1 fully saturated rings. The van der Waals surface area contributed by atoms with E-state index in [-0.39, 0.29) is 37.3 Å². The molecule has 7 heteroatoms. The average molecular weight is 428 g/mol. The molecule has 2 amide bonds. The van der Waals surface area contributed by atoms with Gasteiger partial charge in [-0.25, -0.2) is 4.79 Å². The number of likely N-dealkylation sites (N-methyl/N-ethyl adjacent to an activating group) is 1. The second kappa shape index (κ2) is 10.1. The topological polar surface area (TPSA) is 70.2 Å². The first-order chi connectivity index (χ1) is 14.8. The van der Waals surface area contributed by atoms with Crippen LogP contribution in [0.3, 0.4) is 0 Å². The van der Waals surface area contributed by atoms with Gasteiger partial charge >= 0.3 is 5.97 Å². The highest BCUT2D eigenvalue weighted by Crippen LogP contribution is 2.37. The second-order valence-electron chi connectivity index (χ2n) is 8.18. The SMILES string of the molecule is CCOC(=O)C1=C(C)N(CC(=O)N2CCN(CC)CC2)C(=O)CC1c1ccc(C)cc1. The molecule has 0 aliphatic carbocycles. The van der Waals surface area contributed by atoms with E-state index in [4.69, 9.17) is 4.74 Å². The molecule has 1 unspecified atom stereocenters. The van der Waals surface area contributed by atoms with Crippen molar-refractivity contribution >= 4 is 17.8 Å². The van der Waals surface area contributed by atoms with Gasteiger partial charge in [-0.15, -0.1) is 0 Å². The van der Waals surface area contributed by atoms with Crippen molar-refractivity contribution in [1.29, 1.82) is 0 Å². The van der Waals surface area contributed by atoms with Gasteiger partial charge in [0.2, 0.25) is 11.8 Å². The van der Waals surface area contributed by atoms with Crippen LogP contribution < -0.4 is 0 Å². The van der Waals surface area contributed by atoms with Crippen LogP contribution >= 0.6 is 0 Å². The van der Waals surface area contributed by atoms with Crippen molar-refractivity contribution in [3.8, 4) is 0 Å². The molecular weight excluding hydrogens is 394 g/mol. The third-order valence-electron chi connectivity index (χ3n) is 6.26. The molecule has 0 bridgehead atoms. The van der Waals surface area contributed by atoms with Crippen LogP contribution in [0.4, 0.5) is 0 Å². The average Bonchev–Trinajstić information content (AvgIpc) is 2.76. The van der Waals surface area contributed by atoms with Gasteiger partial charge in [-0.1, -0.05) is 36.8 Å². The summed E-state index contributed by atoms with van der Waals surface area (Å²) >= 11 is 0. The minimum absolute atomic E-state index is 0.0414. The molecule has 2 aliphatic heterocycles. The fraction of sp³-hybridized carbons (Fsp3) is 0.542. The van der Waals surface area contributed by atoms with E-state index in [0.29, 0.717) is 24.4 Å².